The molecule has 1 aliphatic rings. The quantitative estimate of drug-likeness (QED) is 0.516. The maximum absolute atomic E-state index is 11.5. The largest absolute Gasteiger partial charge is 0.457 e. The van der Waals surface area contributed by atoms with Crippen LogP contribution in [0, 0.1) is 5.92 Å². The summed E-state index contributed by atoms with van der Waals surface area (Å²) in [6.07, 6.45) is 4.83. The van der Waals surface area contributed by atoms with Crippen LogP contribution in [0.5, 0.6) is 0 Å². The third-order valence-electron chi connectivity index (χ3n) is 2.63. The van der Waals surface area contributed by atoms with E-state index in [9.17, 15) is 4.79 Å². The number of carbonyl (C=O) groups is 1. The Kier molecular flexibility index (Phi) is 5.53. The van der Waals surface area contributed by atoms with E-state index in [1.165, 1.54) is 5.57 Å². The van der Waals surface area contributed by atoms with E-state index in [0.717, 1.165) is 12.8 Å². The molecule has 0 aromatic carbocycles. The van der Waals surface area contributed by atoms with Crippen molar-refractivity contribution in [1.82, 2.24) is 0 Å². The van der Waals surface area contributed by atoms with Crippen LogP contribution in [0.1, 0.15) is 40.0 Å². The normalized spacial score (nSPS) is 17.4. The van der Waals surface area contributed by atoms with Crippen molar-refractivity contribution in [3.05, 3.63) is 11.6 Å². The first-order valence-corrected chi connectivity index (χ1v) is 5.98. The highest BCUT2D eigenvalue weighted by atomic mass is 16.6. The molecular formula is C13H22O3. The van der Waals surface area contributed by atoms with Crippen LogP contribution in [0.25, 0.3) is 0 Å². The molecule has 1 unspecified atom stereocenters. The van der Waals surface area contributed by atoms with Gasteiger partial charge >= 0.3 is 5.97 Å². The lowest BCUT2D eigenvalue weighted by Crippen LogP contribution is -2.38. The molecule has 1 atom stereocenters. The molecular weight excluding hydrogens is 204 g/mol. The highest BCUT2D eigenvalue weighted by molar-refractivity contribution is 5.69. The second kappa shape index (κ2) is 6.69. The molecule has 0 aliphatic carbocycles. The lowest BCUT2D eigenvalue weighted by atomic mass is 10.0. The molecule has 0 N–H and O–H groups in total. The molecule has 0 amide bonds. The van der Waals surface area contributed by atoms with Gasteiger partial charge in [0.1, 0.15) is 6.10 Å². The molecule has 1 fully saturated rings. The molecule has 0 spiro atoms. The van der Waals surface area contributed by atoms with Crippen LogP contribution in [-0.2, 0) is 14.3 Å². The molecule has 3 heteroatoms. The van der Waals surface area contributed by atoms with Crippen LogP contribution in [-0.4, -0.2) is 25.3 Å². The summed E-state index contributed by atoms with van der Waals surface area (Å²) >= 11 is 0. The number of hydrogen-bond acceptors (Lipinski definition) is 3. The maximum Gasteiger partial charge on any atom is 0.306 e. The minimum Gasteiger partial charge on any atom is -0.457 e. The van der Waals surface area contributed by atoms with E-state index in [2.05, 4.69) is 26.8 Å². The SMILES string of the molecule is CC(C)=CCCC(C)CC(=O)OC1COC1. The lowest BCUT2D eigenvalue weighted by molar-refractivity contribution is -0.173. The summed E-state index contributed by atoms with van der Waals surface area (Å²) in [6.45, 7) is 7.41. The second-order valence-electron chi connectivity index (χ2n) is 4.82. The Morgan fingerprint density at radius 3 is 2.69 bits per heavy atom. The van der Waals surface area contributed by atoms with Gasteiger partial charge in [0.2, 0.25) is 0 Å². The van der Waals surface area contributed by atoms with Crippen molar-refractivity contribution in [1.29, 1.82) is 0 Å². The minimum atomic E-state index is -0.0852. The van der Waals surface area contributed by atoms with Gasteiger partial charge in [0, 0.05) is 6.42 Å². The fourth-order valence-electron chi connectivity index (χ4n) is 1.56. The van der Waals surface area contributed by atoms with Crippen LogP contribution < -0.4 is 0 Å². The van der Waals surface area contributed by atoms with Gasteiger partial charge in [0.15, 0.2) is 0 Å². The molecule has 1 heterocycles. The summed E-state index contributed by atoms with van der Waals surface area (Å²) in [4.78, 5) is 11.5. The fourth-order valence-corrected chi connectivity index (χ4v) is 1.56. The van der Waals surface area contributed by atoms with E-state index in [1.807, 2.05) is 0 Å². The van der Waals surface area contributed by atoms with Crippen LogP contribution >= 0.6 is 0 Å². The second-order valence-corrected chi connectivity index (χ2v) is 4.82. The molecule has 1 rings (SSSR count). The topological polar surface area (TPSA) is 35.5 Å². The zero-order valence-corrected chi connectivity index (χ0v) is 10.5. The highest BCUT2D eigenvalue weighted by Gasteiger charge is 2.23. The molecule has 1 saturated heterocycles. The van der Waals surface area contributed by atoms with E-state index in [4.69, 9.17) is 9.47 Å². The van der Waals surface area contributed by atoms with E-state index in [0.29, 0.717) is 25.6 Å². The molecule has 0 bridgehead atoms. The number of allylic oxidation sites excluding steroid dienone is 2. The van der Waals surface area contributed by atoms with Gasteiger partial charge in [-0.2, -0.15) is 0 Å². The first-order valence-electron chi connectivity index (χ1n) is 5.98. The van der Waals surface area contributed by atoms with Gasteiger partial charge in [0.05, 0.1) is 13.2 Å². The summed E-state index contributed by atoms with van der Waals surface area (Å²) in [5.41, 5.74) is 1.33. The number of ether oxygens (including phenoxy) is 2. The van der Waals surface area contributed by atoms with Crippen LogP contribution in [0.4, 0.5) is 0 Å². The third-order valence-corrected chi connectivity index (χ3v) is 2.63. The van der Waals surface area contributed by atoms with Gasteiger partial charge < -0.3 is 9.47 Å². The Hall–Kier alpha value is -0.830. The zero-order chi connectivity index (χ0) is 12.0. The average Bonchev–Trinajstić information content (AvgIpc) is 2.10. The molecule has 3 nitrogen and oxygen atoms in total. The van der Waals surface area contributed by atoms with E-state index in [-0.39, 0.29) is 12.1 Å². The lowest BCUT2D eigenvalue weighted by Gasteiger charge is -2.26. The van der Waals surface area contributed by atoms with Crippen molar-refractivity contribution in [2.45, 2.75) is 46.1 Å². The molecule has 0 aromatic rings. The van der Waals surface area contributed by atoms with Gasteiger partial charge in [-0.15, -0.1) is 0 Å². The Morgan fingerprint density at radius 2 is 2.19 bits per heavy atom. The van der Waals surface area contributed by atoms with Crippen molar-refractivity contribution in [2.24, 2.45) is 5.92 Å². The number of carbonyl (C=O) groups excluding carboxylic acids is 1. The van der Waals surface area contributed by atoms with Gasteiger partial charge in [-0.1, -0.05) is 18.6 Å². The number of esters is 1. The van der Waals surface area contributed by atoms with E-state index < -0.39 is 0 Å². The van der Waals surface area contributed by atoms with Gasteiger partial charge in [-0.05, 0) is 32.6 Å². The van der Waals surface area contributed by atoms with Crippen LogP contribution in [0.3, 0.4) is 0 Å². The Balaban J connectivity index is 2.09. The summed E-state index contributed by atoms with van der Waals surface area (Å²) in [5.74, 6) is 0.307. The van der Waals surface area contributed by atoms with Crippen LogP contribution in [0.15, 0.2) is 11.6 Å². The molecule has 0 aromatic heterocycles. The first-order chi connectivity index (χ1) is 7.58. The summed E-state index contributed by atoms with van der Waals surface area (Å²) in [5, 5.41) is 0. The summed E-state index contributed by atoms with van der Waals surface area (Å²) in [7, 11) is 0. The average molecular weight is 226 g/mol. The van der Waals surface area contributed by atoms with Gasteiger partial charge in [-0.25, -0.2) is 0 Å². The molecule has 16 heavy (non-hydrogen) atoms. The smallest absolute Gasteiger partial charge is 0.306 e. The minimum absolute atomic E-state index is 0.0116. The number of rotatable bonds is 6. The van der Waals surface area contributed by atoms with Crippen molar-refractivity contribution < 1.29 is 14.3 Å². The number of hydrogen-bond donors (Lipinski definition) is 0. The van der Waals surface area contributed by atoms with Gasteiger partial charge in [-0.3, -0.25) is 4.79 Å². The Morgan fingerprint density at radius 1 is 1.50 bits per heavy atom. The predicted octanol–water partition coefficient (Wildman–Crippen LogP) is 2.70. The zero-order valence-electron chi connectivity index (χ0n) is 10.5. The molecule has 1 aliphatic heterocycles. The summed E-state index contributed by atoms with van der Waals surface area (Å²) < 4.78 is 10.2. The van der Waals surface area contributed by atoms with Gasteiger partial charge in [0.25, 0.3) is 0 Å². The van der Waals surface area contributed by atoms with Crippen molar-refractivity contribution >= 4 is 5.97 Å². The van der Waals surface area contributed by atoms with E-state index in [1.54, 1.807) is 0 Å². The Bertz CT molecular complexity index is 250. The maximum atomic E-state index is 11.5. The molecule has 0 saturated carbocycles. The van der Waals surface area contributed by atoms with Crippen molar-refractivity contribution in [3.63, 3.8) is 0 Å². The van der Waals surface area contributed by atoms with E-state index >= 15 is 0 Å². The standard InChI is InChI=1S/C13H22O3/c1-10(2)5-4-6-11(3)7-13(14)16-12-8-15-9-12/h5,11-12H,4,6-9H2,1-3H3. The summed E-state index contributed by atoms with van der Waals surface area (Å²) in [6, 6.07) is 0. The first kappa shape index (κ1) is 13.2. The predicted molar refractivity (Wildman–Crippen MR) is 63.1 cm³/mol. The Labute approximate surface area is 97.8 Å². The fraction of sp³-hybridized carbons (Fsp3) is 0.769. The monoisotopic (exact) mass is 226 g/mol. The van der Waals surface area contributed by atoms with Crippen molar-refractivity contribution in [2.75, 3.05) is 13.2 Å². The van der Waals surface area contributed by atoms with Crippen LogP contribution in [0.2, 0.25) is 0 Å². The molecule has 0 radical (unpaired) electrons. The van der Waals surface area contributed by atoms with Crippen molar-refractivity contribution in [3.8, 4) is 0 Å². The molecule has 92 valence electrons. The highest BCUT2D eigenvalue weighted by Crippen LogP contribution is 2.14. The third kappa shape index (κ3) is 5.31.